The molecule has 2 aromatic rings. The standard InChI is InChI=1S/C10H8FN3O2S/c1-5-13-14-10(17-5)12-8-3-2-6(9(15)16)4-7(8)11/h2-4H,1H3,(H,12,14)(H,15,16). The van der Waals surface area contributed by atoms with Crippen molar-refractivity contribution in [1.29, 1.82) is 0 Å². The second kappa shape index (κ2) is 4.46. The molecule has 0 atom stereocenters. The maximum Gasteiger partial charge on any atom is 0.335 e. The zero-order valence-corrected chi connectivity index (χ0v) is 9.58. The highest BCUT2D eigenvalue weighted by molar-refractivity contribution is 7.15. The Morgan fingerprint density at radius 1 is 1.47 bits per heavy atom. The zero-order valence-electron chi connectivity index (χ0n) is 8.77. The van der Waals surface area contributed by atoms with Gasteiger partial charge in [0.05, 0.1) is 11.3 Å². The van der Waals surface area contributed by atoms with Crippen LogP contribution >= 0.6 is 11.3 Å². The minimum absolute atomic E-state index is 0.0958. The average molecular weight is 253 g/mol. The third-order valence-corrected chi connectivity index (χ3v) is 2.74. The minimum Gasteiger partial charge on any atom is -0.478 e. The fraction of sp³-hybridized carbons (Fsp3) is 0.100. The summed E-state index contributed by atoms with van der Waals surface area (Å²) in [4.78, 5) is 10.6. The molecule has 1 aromatic carbocycles. The van der Waals surface area contributed by atoms with E-state index in [1.54, 1.807) is 6.92 Å². The molecular formula is C10H8FN3O2S. The van der Waals surface area contributed by atoms with Gasteiger partial charge in [-0.3, -0.25) is 0 Å². The summed E-state index contributed by atoms with van der Waals surface area (Å²) in [5, 5.41) is 20.2. The molecule has 0 radical (unpaired) electrons. The van der Waals surface area contributed by atoms with Crippen molar-refractivity contribution in [2.75, 3.05) is 5.32 Å². The molecule has 0 fully saturated rings. The number of carbonyl (C=O) groups is 1. The van der Waals surface area contributed by atoms with Crippen molar-refractivity contribution >= 4 is 28.1 Å². The summed E-state index contributed by atoms with van der Waals surface area (Å²) in [7, 11) is 0. The molecule has 0 unspecified atom stereocenters. The summed E-state index contributed by atoms with van der Waals surface area (Å²) in [5.41, 5.74) is 0.0765. The van der Waals surface area contributed by atoms with Gasteiger partial charge in [0.2, 0.25) is 5.13 Å². The number of carboxylic acid groups (broad SMARTS) is 1. The summed E-state index contributed by atoms with van der Waals surface area (Å²) < 4.78 is 13.5. The Labute approximate surface area is 99.9 Å². The first kappa shape index (κ1) is 11.5. The number of aromatic carboxylic acids is 1. The first-order valence-electron chi connectivity index (χ1n) is 4.66. The highest BCUT2D eigenvalue weighted by Gasteiger charge is 2.09. The summed E-state index contributed by atoms with van der Waals surface area (Å²) in [6, 6.07) is 3.63. The van der Waals surface area contributed by atoms with Gasteiger partial charge in [0.15, 0.2) is 0 Å². The maximum absolute atomic E-state index is 13.5. The fourth-order valence-electron chi connectivity index (χ4n) is 1.21. The highest BCUT2D eigenvalue weighted by Crippen LogP contribution is 2.23. The van der Waals surface area contributed by atoms with Crippen molar-refractivity contribution in [1.82, 2.24) is 10.2 Å². The molecule has 2 rings (SSSR count). The lowest BCUT2D eigenvalue weighted by atomic mass is 10.2. The van der Waals surface area contributed by atoms with Crippen LogP contribution in [-0.4, -0.2) is 21.3 Å². The van der Waals surface area contributed by atoms with Crippen LogP contribution in [-0.2, 0) is 0 Å². The topological polar surface area (TPSA) is 75.1 Å². The number of aryl methyl sites for hydroxylation is 1. The number of hydrogen-bond acceptors (Lipinski definition) is 5. The maximum atomic E-state index is 13.5. The molecule has 88 valence electrons. The lowest BCUT2D eigenvalue weighted by molar-refractivity contribution is 0.0696. The molecule has 0 aliphatic rings. The Morgan fingerprint density at radius 2 is 2.24 bits per heavy atom. The molecule has 0 aliphatic heterocycles. The largest absolute Gasteiger partial charge is 0.478 e. The van der Waals surface area contributed by atoms with Crippen LogP contribution in [0.4, 0.5) is 15.2 Å². The van der Waals surface area contributed by atoms with E-state index in [0.29, 0.717) is 5.13 Å². The Balaban J connectivity index is 2.25. The molecule has 0 bridgehead atoms. The molecule has 17 heavy (non-hydrogen) atoms. The van der Waals surface area contributed by atoms with Gasteiger partial charge in [0.1, 0.15) is 10.8 Å². The normalized spacial score (nSPS) is 10.2. The SMILES string of the molecule is Cc1nnc(Nc2ccc(C(=O)O)cc2F)s1. The van der Waals surface area contributed by atoms with Gasteiger partial charge in [-0.05, 0) is 25.1 Å². The minimum atomic E-state index is -1.16. The van der Waals surface area contributed by atoms with E-state index in [1.165, 1.54) is 23.5 Å². The zero-order chi connectivity index (χ0) is 12.4. The molecule has 5 nitrogen and oxygen atoms in total. The third-order valence-electron chi connectivity index (χ3n) is 1.98. The molecule has 0 saturated carbocycles. The molecule has 0 spiro atoms. The van der Waals surface area contributed by atoms with Crippen molar-refractivity contribution in [3.63, 3.8) is 0 Å². The molecule has 0 aliphatic carbocycles. The van der Waals surface area contributed by atoms with E-state index in [9.17, 15) is 9.18 Å². The fourth-order valence-corrected chi connectivity index (χ4v) is 1.82. The molecular weight excluding hydrogens is 245 g/mol. The van der Waals surface area contributed by atoms with Gasteiger partial charge in [-0.2, -0.15) is 0 Å². The summed E-state index contributed by atoms with van der Waals surface area (Å²) in [5.74, 6) is -1.81. The van der Waals surface area contributed by atoms with Gasteiger partial charge >= 0.3 is 5.97 Å². The third kappa shape index (κ3) is 2.56. The highest BCUT2D eigenvalue weighted by atomic mass is 32.1. The number of hydrogen-bond donors (Lipinski definition) is 2. The molecule has 1 heterocycles. The number of rotatable bonds is 3. The lowest BCUT2D eigenvalue weighted by Gasteiger charge is -2.04. The van der Waals surface area contributed by atoms with Gasteiger partial charge in [-0.1, -0.05) is 11.3 Å². The molecule has 0 amide bonds. The van der Waals surface area contributed by atoms with Gasteiger partial charge in [-0.25, -0.2) is 9.18 Å². The van der Waals surface area contributed by atoms with Gasteiger partial charge < -0.3 is 10.4 Å². The van der Waals surface area contributed by atoms with Crippen LogP contribution in [0.2, 0.25) is 0 Å². The second-order valence-corrected chi connectivity index (χ2v) is 4.43. The number of halogens is 1. The molecule has 1 aromatic heterocycles. The van der Waals surface area contributed by atoms with E-state index in [2.05, 4.69) is 15.5 Å². The van der Waals surface area contributed by atoms with Gasteiger partial charge in [-0.15, -0.1) is 10.2 Å². The quantitative estimate of drug-likeness (QED) is 0.878. The second-order valence-electron chi connectivity index (χ2n) is 3.25. The monoisotopic (exact) mass is 253 g/mol. The predicted molar refractivity (Wildman–Crippen MR) is 61.3 cm³/mol. The van der Waals surface area contributed by atoms with Crippen molar-refractivity contribution in [3.8, 4) is 0 Å². The van der Waals surface area contributed by atoms with Crippen molar-refractivity contribution in [3.05, 3.63) is 34.6 Å². The molecule has 2 N–H and O–H groups in total. The first-order valence-corrected chi connectivity index (χ1v) is 5.48. The van der Waals surface area contributed by atoms with E-state index < -0.39 is 11.8 Å². The number of nitrogens with one attached hydrogen (secondary N) is 1. The average Bonchev–Trinajstić information content (AvgIpc) is 2.67. The van der Waals surface area contributed by atoms with Gasteiger partial charge in [0.25, 0.3) is 0 Å². The Bertz CT molecular complexity index is 570. The number of carboxylic acids is 1. The van der Waals surface area contributed by atoms with Crippen LogP contribution in [0.5, 0.6) is 0 Å². The van der Waals surface area contributed by atoms with Gasteiger partial charge in [0, 0.05) is 0 Å². The Hall–Kier alpha value is -2.02. The van der Waals surface area contributed by atoms with Crippen molar-refractivity contribution < 1.29 is 14.3 Å². The van der Waals surface area contributed by atoms with Crippen molar-refractivity contribution in [2.45, 2.75) is 6.92 Å². The van der Waals surface area contributed by atoms with Crippen molar-refractivity contribution in [2.24, 2.45) is 0 Å². The number of anilines is 2. The first-order chi connectivity index (χ1) is 8.06. The molecule has 7 heteroatoms. The number of aromatic nitrogens is 2. The number of nitrogens with zero attached hydrogens (tertiary/aromatic N) is 2. The van der Waals surface area contributed by atoms with E-state index in [4.69, 9.17) is 5.11 Å². The predicted octanol–water partition coefficient (Wildman–Crippen LogP) is 2.43. The smallest absolute Gasteiger partial charge is 0.335 e. The van der Waals surface area contributed by atoms with Crippen LogP contribution in [0.1, 0.15) is 15.4 Å². The number of benzene rings is 1. The summed E-state index contributed by atoms with van der Waals surface area (Å²) in [6.45, 7) is 1.78. The van der Waals surface area contributed by atoms with Crippen LogP contribution in [0.15, 0.2) is 18.2 Å². The van der Waals surface area contributed by atoms with E-state index in [-0.39, 0.29) is 11.3 Å². The van der Waals surface area contributed by atoms with Crippen LogP contribution in [0, 0.1) is 12.7 Å². The van der Waals surface area contributed by atoms with Crippen LogP contribution in [0.25, 0.3) is 0 Å². The Morgan fingerprint density at radius 3 is 2.76 bits per heavy atom. The summed E-state index contributed by atoms with van der Waals surface area (Å²) in [6.07, 6.45) is 0. The molecule has 0 saturated heterocycles. The van der Waals surface area contributed by atoms with E-state index in [1.807, 2.05) is 0 Å². The lowest BCUT2D eigenvalue weighted by Crippen LogP contribution is -1.99. The van der Waals surface area contributed by atoms with E-state index in [0.717, 1.165) is 11.1 Å². The van der Waals surface area contributed by atoms with Crippen LogP contribution < -0.4 is 5.32 Å². The Kier molecular flexibility index (Phi) is 3.01. The van der Waals surface area contributed by atoms with Crippen LogP contribution in [0.3, 0.4) is 0 Å². The summed E-state index contributed by atoms with van der Waals surface area (Å²) >= 11 is 1.29. The van der Waals surface area contributed by atoms with E-state index >= 15 is 0 Å².